The van der Waals surface area contributed by atoms with E-state index in [1.165, 1.54) is 12.1 Å². The van der Waals surface area contributed by atoms with Gasteiger partial charge >= 0.3 is 0 Å². The van der Waals surface area contributed by atoms with E-state index >= 15 is 0 Å². The average molecular weight is 266 g/mol. The first-order valence-corrected chi connectivity index (χ1v) is 5.83. The third-order valence-electron chi connectivity index (χ3n) is 3.04. The van der Waals surface area contributed by atoms with E-state index in [4.69, 9.17) is 0 Å². The van der Waals surface area contributed by atoms with Crippen molar-refractivity contribution in [1.82, 2.24) is 0 Å². The molecule has 4 heteroatoms. The molecule has 0 saturated heterocycles. The van der Waals surface area contributed by atoms with Gasteiger partial charge in [0.25, 0.3) is 0 Å². The molecule has 0 saturated carbocycles. The number of carbonyl (C=O) groups is 4. The van der Waals surface area contributed by atoms with Crippen molar-refractivity contribution in [3.8, 4) is 11.1 Å². The number of carbonyl (C=O) groups excluding carboxylic acids is 4. The van der Waals surface area contributed by atoms with Gasteiger partial charge in [0.1, 0.15) is 0 Å². The fraction of sp³-hybridized carbons (Fsp3) is 0. The minimum Gasteiger partial charge on any atom is -0.298 e. The van der Waals surface area contributed by atoms with E-state index in [-0.39, 0.29) is 22.3 Å². The van der Waals surface area contributed by atoms with E-state index in [9.17, 15) is 19.2 Å². The second-order valence-electron chi connectivity index (χ2n) is 4.12. The maximum Gasteiger partial charge on any atom is 0.151 e. The van der Waals surface area contributed by atoms with Crippen LogP contribution in [0.1, 0.15) is 41.4 Å². The Bertz CT molecular complexity index is 702. The van der Waals surface area contributed by atoms with Crippen LogP contribution in [0.3, 0.4) is 0 Å². The SMILES string of the molecule is O=Cc1ccc(-c2cccc(C=O)c2C=O)cc1C=O. The molecule has 0 amide bonds. The first-order chi connectivity index (χ1) is 9.74. The molecule has 0 heterocycles. The Hall–Kier alpha value is -2.88. The lowest BCUT2D eigenvalue weighted by Crippen LogP contribution is -1.97. The summed E-state index contributed by atoms with van der Waals surface area (Å²) in [6.07, 6.45) is 2.38. The van der Waals surface area contributed by atoms with Crippen LogP contribution in [0.15, 0.2) is 36.4 Å². The zero-order valence-electron chi connectivity index (χ0n) is 10.4. The minimum absolute atomic E-state index is 0.242. The predicted octanol–water partition coefficient (Wildman–Crippen LogP) is 2.60. The van der Waals surface area contributed by atoms with Crippen molar-refractivity contribution in [1.29, 1.82) is 0 Å². The zero-order chi connectivity index (χ0) is 14.5. The molecule has 2 aromatic carbocycles. The number of hydrogen-bond donors (Lipinski definition) is 0. The number of hydrogen-bond acceptors (Lipinski definition) is 4. The van der Waals surface area contributed by atoms with Crippen LogP contribution in [-0.2, 0) is 0 Å². The van der Waals surface area contributed by atoms with Gasteiger partial charge in [-0.3, -0.25) is 19.2 Å². The zero-order valence-corrected chi connectivity index (χ0v) is 10.4. The largest absolute Gasteiger partial charge is 0.298 e. The molecule has 20 heavy (non-hydrogen) atoms. The molecule has 2 aromatic rings. The third-order valence-corrected chi connectivity index (χ3v) is 3.04. The van der Waals surface area contributed by atoms with Crippen LogP contribution in [0.5, 0.6) is 0 Å². The van der Waals surface area contributed by atoms with Crippen molar-refractivity contribution in [2.75, 3.05) is 0 Å². The Labute approximate surface area is 115 Å². The van der Waals surface area contributed by atoms with Crippen LogP contribution < -0.4 is 0 Å². The molecular weight excluding hydrogens is 256 g/mol. The fourth-order valence-electron chi connectivity index (χ4n) is 2.02. The molecule has 0 atom stereocenters. The monoisotopic (exact) mass is 266 g/mol. The minimum atomic E-state index is 0.242. The van der Waals surface area contributed by atoms with E-state index in [1.807, 2.05) is 0 Å². The van der Waals surface area contributed by atoms with E-state index in [1.54, 1.807) is 24.3 Å². The van der Waals surface area contributed by atoms with E-state index in [0.717, 1.165) is 0 Å². The van der Waals surface area contributed by atoms with Crippen LogP contribution in [0.25, 0.3) is 11.1 Å². The highest BCUT2D eigenvalue weighted by molar-refractivity contribution is 5.99. The van der Waals surface area contributed by atoms with Crippen molar-refractivity contribution >= 4 is 25.1 Å². The van der Waals surface area contributed by atoms with Crippen LogP contribution in [0.4, 0.5) is 0 Å². The molecule has 0 spiro atoms. The number of rotatable bonds is 5. The van der Waals surface area contributed by atoms with Gasteiger partial charge in [-0.2, -0.15) is 0 Å². The highest BCUT2D eigenvalue weighted by atomic mass is 16.1. The van der Waals surface area contributed by atoms with Gasteiger partial charge in [-0.05, 0) is 17.2 Å². The molecule has 0 aliphatic carbocycles. The molecule has 0 fully saturated rings. The molecule has 0 aliphatic heterocycles. The van der Waals surface area contributed by atoms with Crippen molar-refractivity contribution in [3.05, 3.63) is 58.7 Å². The third kappa shape index (κ3) is 2.31. The molecule has 0 N–H and O–H groups in total. The van der Waals surface area contributed by atoms with Crippen LogP contribution in [0, 0.1) is 0 Å². The summed E-state index contributed by atoms with van der Waals surface area (Å²) < 4.78 is 0. The van der Waals surface area contributed by atoms with Crippen molar-refractivity contribution < 1.29 is 19.2 Å². The van der Waals surface area contributed by atoms with Crippen molar-refractivity contribution in [2.45, 2.75) is 0 Å². The van der Waals surface area contributed by atoms with Crippen LogP contribution >= 0.6 is 0 Å². The summed E-state index contributed by atoms with van der Waals surface area (Å²) in [5, 5.41) is 0. The average Bonchev–Trinajstić information content (AvgIpc) is 2.53. The lowest BCUT2D eigenvalue weighted by atomic mass is 9.94. The molecule has 4 nitrogen and oxygen atoms in total. The van der Waals surface area contributed by atoms with Gasteiger partial charge in [0.2, 0.25) is 0 Å². The molecular formula is C16H10O4. The summed E-state index contributed by atoms with van der Waals surface area (Å²) in [6.45, 7) is 0. The van der Waals surface area contributed by atoms with Gasteiger partial charge in [0, 0.05) is 22.3 Å². The Morgan fingerprint density at radius 2 is 1.35 bits per heavy atom. The predicted molar refractivity (Wildman–Crippen MR) is 73.4 cm³/mol. The molecule has 0 aliphatic rings. The highest BCUT2D eigenvalue weighted by Gasteiger charge is 2.11. The Kier molecular flexibility index (Phi) is 3.96. The fourth-order valence-corrected chi connectivity index (χ4v) is 2.02. The van der Waals surface area contributed by atoms with Crippen molar-refractivity contribution in [3.63, 3.8) is 0 Å². The number of benzene rings is 2. The molecule has 2 rings (SSSR count). The quantitative estimate of drug-likeness (QED) is 0.780. The maximum absolute atomic E-state index is 11.2. The smallest absolute Gasteiger partial charge is 0.151 e. The van der Waals surface area contributed by atoms with Gasteiger partial charge in [-0.1, -0.05) is 30.3 Å². The first-order valence-electron chi connectivity index (χ1n) is 5.83. The Balaban J connectivity index is 2.68. The normalized spacial score (nSPS) is 9.80. The van der Waals surface area contributed by atoms with E-state index < -0.39 is 0 Å². The van der Waals surface area contributed by atoms with Gasteiger partial charge in [-0.25, -0.2) is 0 Å². The van der Waals surface area contributed by atoms with Gasteiger partial charge in [-0.15, -0.1) is 0 Å². The maximum atomic E-state index is 11.2. The lowest BCUT2D eigenvalue weighted by molar-refractivity contribution is 0.109. The highest BCUT2D eigenvalue weighted by Crippen LogP contribution is 2.26. The summed E-state index contributed by atoms with van der Waals surface area (Å²) in [5.74, 6) is 0. The van der Waals surface area contributed by atoms with Crippen LogP contribution in [0.2, 0.25) is 0 Å². The van der Waals surface area contributed by atoms with Gasteiger partial charge in [0.05, 0.1) is 0 Å². The van der Waals surface area contributed by atoms with E-state index in [2.05, 4.69) is 0 Å². The topological polar surface area (TPSA) is 68.3 Å². The van der Waals surface area contributed by atoms with E-state index in [0.29, 0.717) is 36.3 Å². The summed E-state index contributed by atoms with van der Waals surface area (Å²) in [5.41, 5.74) is 2.21. The number of aldehydes is 4. The summed E-state index contributed by atoms with van der Waals surface area (Å²) in [6, 6.07) is 9.54. The Morgan fingerprint density at radius 3 is 1.95 bits per heavy atom. The molecule has 98 valence electrons. The summed E-state index contributed by atoms with van der Waals surface area (Å²) in [7, 11) is 0. The molecule has 0 unspecified atom stereocenters. The Morgan fingerprint density at radius 1 is 0.650 bits per heavy atom. The van der Waals surface area contributed by atoms with Crippen LogP contribution in [-0.4, -0.2) is 25.1 Å². The lowest BCUT2D eigenvalue weighted by Gasteiger charge is -2.08. The standard InChI is InChI=1S/C16H10O4/c17-7-12-5-4-11(6-14(12)9-19)15-3-1-2-13(8-18)16(15)10-20/h1-10H. The van der Waals surface area contributed by atoms with Gasteiger partial charge in [0.15, 0.2) is 25.1 Å². The first kappa shape index (κ1) is 13.5. The molecule has 0 bridgehead atoms. The molecule has 0 radical (unpaired) electrons. The van der Waals surface area contributed by atoms with Gasteiger partial charge < -0.3 is 0 Å². The second-order valence-corrected chi connectivity index (χ2v) is 4.12. The molecule has 0 aromatic heterocycles. The summed E-state index contributed by atoms with van der Waals surface area (Å²) >= 11 is 0. The summed E-state index contributed by atoms with van der Waals surface area (Å²) in [4.78, 5) is 43.9. The van der Waals surface area contributed by atoms with Crippen molar-refractivity contribution in [2.24, 2.45) is 0 Å². The second kappa shape index (κ2) is 5.84.